The Labute approximate surface area is 162 Å². The van der Waals surface area contributed by atoms with Gasteiger partial charge in [0.1, 0.15) is 12.4 Å². The molecule has 0 aromatic heterocycles. The first-order chi connectivity index (χ1) is 12.9. The highest BCUT2D eigenvalue weighted by molar-refractivity contribution is 5.91. The lowest BCUT2D eigenvalue weighted by molar-refractivity contribution is -0.184. The summed E-state index contributed by atoms with van der Waals surface area (Å²) in [5.41, 5.74) is 2.00. The van der Waals surface area contributed by atoms with E-state index in [1.807, 2.05) is 24.3 Å². The number of carbonyl (C=O) groups excluding carboxylic acids is 1. The van der Waals surface area contributed by atoms with Gasteiger partial charge in [0.2, 0.25) is 5.91 Å². The Kier molecular flexibility index (Phi) is 4.49. The Hall–Kier alpha value is -2.29. The minimum atomic E-state index is -0.189. The third kappa shape index (κ3) is 3.13. The predicted octanol–water partition coefficient (Wildman–Crippen LogP) is 5.51. The molecule has 2 aromatic rings. The van der Waals surface area contributed by atoms with Crippen LogP contribution in [-0.4, -0.2) is 16.3 Å². The van der Waals surface area contributed by atoms with Gasteiger partial charge in [0, 0.05) is 5.54 Å². The number of likely N-dealkylation sites (tertiary alicyclic amines) is 1. The average molecular weight is 364 g/mol. The number of benzene rings is 2. The van der Waals surface area contributed by atoms with Crippen molar-refractivity contribution < 1.29 is 9.53 Å². The van der Waals surface area contributed by atoms with Crippen molar-refractivity contribution in [3.8, 4) is 5.75 Å². The summed E-state index contributed by atoms with van der Waals surface area (Å²) in [7, 11) is 0. The smallest absolute Gasteiger partial charge is 0.232 e. The van der Waals surface area contributed by atoms with Crippen LogP contribution in [0.1, 0.15) is 63.6 Å². The van der Waals surface area contributed by atoms with Crippen molar-refractivity contribution in [1.82, 2.24) is 4.90 Å². The average Bonchev–Trinajstić information content (AvgIpc) is 3.16. The van der Waals surface area contributed by atoms with Crippen molar-refractivity contribution in [2.45, 2.75) is 64.6 Å². The molecule has 1 saturated heterocycles. The third-order valence-corrected chi connectivity index (χ3v) is 6.07. The molecule has 2 aliphatic rings. The van der Waals surface area contributed by atoms with Gasteiger partial charge < -0.3 is 9.64 Å². The molecule has 0 radical (unpaired) electrons. The quantitative estimate of drug-likeness (QED) is 0.671. The Morgan fingerprint density at radius 3 is 2.41 bits per heavy atom. The van der Waals surface area contributed by atoms with Crippen molar-refractivity contribution in [2.24, 2.45) is 5.41 Å². The van der Waals surface area contributed by atoms with Crippen LogP contribution in [0.2, 0.25) is 0 Å². The number of ether oxygens (including phenoxy) is 1. The topological polar surface area (TPSA) is 29.5 Å². The molecule has 3 heteroatoms. The van der Waals surface area contributed by atoms with Gasteiger partial charge in [-0.25, -0.2) is 0 Å². The second-order valence-corrected chi connectivity index (χ2v) is 8.96. The van der Waals surface area contributed by atoms with Gasteiger partial charge >= 0.3 is 0 Å². The fourth-order valence-corrected chi connectivity index (χ4v) is 4.82. The number of β-lactam (4-membered cyclic amide) rings is 1. The fraction of sp³-hybridized carbons (Fsp3) is 0.458. The molecule has 1 aliphatic carbocycles. The van der Waals surface area contributed by atoms with Crippen LogP contribution in [0, 0.1) is 5.41 Å². The van der Waals surface area contributed by atoms with Gasteiger partial charge in [-0.3, -0.25) is 4.79 Å². The summed E-state index contributed by atoms with van der Waals surface area (Å²) in [4.78, 5) is 15.2. The van der Waals surface area contributed by atoms with E-state index in [-0.39, 0.29) is 17.0 Å². The van der Waals surface area contributed by atoms with Gasteiger partial charge in [-0.1, -0.05) is 55.3 Å². The van der Waals surface area contributed by atoms with E-state index in [1.54, 1.807) is 0 Å². The molecular formula is C24H29NO2. The van der Waals surface area contributed by atoms with Crippen molar-refractivity contribution in [3.63, 3.8) is 0 Å². The largest absolute Gasteiger partial charge is 0.489 e. The molecule has 4 rings (SSSR count). The maximum absolute atomic E-state index is 13.1. The Bertz CT molecular complexity index is 816. The normalized spacial score (nSPS) is 21.4. The molecular weight excluding hydrogens is 334 g/mol. The number of rotatable bonds is 4. The Morgan fingerprint density at radius 2 is 1.74 bits per heavy atom. The second-order valence-electron chi connectivity index (χ2n) is 8.96. The number of hydrogen-bond acceptors (Lipinski definition) is 2. The van der Waals surface area contributed by atoms with Crippen LogP contribution >= 0.6 is 0 Å². The summed E-state index contributed by atoms with van der Waals surface area (Å²) in [6.07, 6.45) is 4.34. The number of carbonyl (C=O) groups is 1. The van der Waals surface area contributed by atoms with E-state index in [1.165, 1.54) is 5.56 Å². The van der Waals surface area contributed by atoms with Gasteiger partial charge in [-0.2, -0.15) is 0 Å². The van der Waals surface area contributed by atoms with Crippen LogP contribution in [0.4, 0.5) is 0 Å². The lowest BCUT2D eigenvalue weighted by atomic mass is 9.64. The second kappa shape index (κ2) is 6.70. The molecule has 1 heterocycles. The van der Waals surface area contributed by atoms with Crippen LogP contribution in [-0.2, 0) is 11.4 Å². The maximum atomic E-state index is 13.1. The summed E-state index contributed by atoms with van der Waals surface area (Å²) >= 11 is 0. The maximum Gasteiger partial charge on any atom is 0.232 e. The first kappa shape index (κ1) is 18.1. The molecule has 1 atom stereocenters. The third-order valence-electron chi connectivity index (χ3n) is 6.07. The van der Waals surface area contributed by atoms with Crippen molar-refractivity contribution in [1.29, 1.82) is 0 Å². The highest BCUT2D eigenvalue weighted by Crippen LogP contribution is 2.61. The molecule has 3 nitrogen and oxygen atoms in total. The summed E-state index contributed by atoms with van der Waals surface area (Å²) in [5, 5.41) is 0. The standard InChI is InChI=1S/C24H29NO2/c1-23(2,3)25-21(24(22(25)26)14-7-8-15-24)19-12-9-13-20(16-19)27-17-18-10-5-4-6-11-18/h4-6,9-13,16,21H,7-8,14-15,17H2,1-3H3/t21-/m1/s1. The van der Waals surface area contributed by atoms with E-state index in [0.717, 1.165) is 37.0 Å². The summed E-state index contributed by atoms with van der Waals surface area (Å²) < 4.78 is 6.05. The van der Waals surface area contributed by atoms with Crippen molar-refractivity contribution in [2.75, 3.05) is 0 Å². The molecule has 0 bridgehead atoms. The van der Waals surface area contributed by atoms with Crippen LogP contribution in [0.3, 0.4) is 0 Å². The van der Waals surface area contributed by atoms with E-state index in [2.05, 4.69) is 56.0 Å². The van der Waals surface area contributed by atoms with Crippen LogP contribution < -0.4 is 4.74 Å². The minimum Gasteiger partial charge on any atom is -0.489 e. The molecule has 1 spiro atoms. The number of nitrogens with zero attached hydrogens (tertiary/aromatic N) is 1. The molecule has 0 unspecified atom stereocenters. The van der Waals surface area contributed by atoms with Crippen LogP contribution in [0.25, 0.3) is 0 Å². The Balaban J connectivity index is 1.60. The molecule has 1 aliphatic heterocycles. The van der Waals surface area contributed by atoms with Gasteiger partial charge in [-0.05, 0) is 56.9 Å². The lowest BCUT2D eigenvalue weighted by Gasteiger charge is -2.60. The molecule has 2 aromatic carbocycles. The highest BCUT2D eigenvalue weighted by Gasteiger charge is 2.63. The van der Waals surface area contributed by atoms with E-state index < -0.39 is 0 Å². The zero-order valence-electron chi connectivity index (χ0n) is 16.6. The zero-order valence-corrected chi connectivity index (χ0v) is 16.6. The summed E-state index contributed by atoms with van der Waals surface area (Å²) in [6.45, 7) is 6.96. The first-order valence-corrected chi connectivity index (χ1v) is 10.0. The SMILES string of the molecule is CC(C)(C)N1C(=O)C2(CCCC2)[C@H]1c1cccc(OCc2ccccc2)c1. The van der Waals surface area contributed by atoms with Gasteiger partial charge in [0.25, 0.3) is 0 Å². The van der Waals surface area contributed by atoms with Gasteiger partial charge in [-0.15, -0.1) is 0 Å². The Morgan fingerprint density at radius 1 is 1.04 bits per heavy atom. The van der Waals surface area contributed by atoms with Crippen molar-refractivity contribution in [3.05, 3.63) is 65.7 Å². The first-order valence-electron chi connectivity index (χ1n) is 10.0. The molecule has 1 saturated carbocycles. The lowest BCUT2D eigenvalue weighted by Crippen LogP contribution is -2.67. The highest BCUT2D eigenvalue weighted by atomic mass is 16.5. The molecule has 142 valence electrons. The summed E-state index contributed by atoms with van der Waals surface area (Å²) in [6, 6.07) is 18.7. The van der Waals surface area contributed by atoms with E-state index in [9.17, 15) is 4.79 Å². The van der Waals surface area contributed by atoms with E-state index >= 15 is 0 Å². The fourth-order valence-electron chi connectivity index (χ4n) is 4.82. The van der Waals surface area contributed by atoms with Crippen LogP contribution in [0.15, 0.2) is 54.6 Å². The molecule has 27 heavy (non-hydrogen) atoms. The number of amides is 1. The van der Waals surface area contributed by atoms with Gasteiger partial charge in [0.15, 0.2) is 0 Å². The summed E-state index contributed by atoms with van der Waals surface area (Å²) in [5.74, 6) is 1.21. The van der Waals surface area contributed by atoms with Crippen LogP contribution in [0.5, 0.6) is 5.75 Å². The molecule has 1 amide bonds. The van der Waals surface area contributed by atoms with Gasteiger partial charge in [0.05, 0.1) is 11.5 Å². The number of hydrogen-bond donors (Lipinski definition) is 0. The molecule has 2 fully saturated rings. The monoisotopic (exact) mass is 363 g/mol. The minimum absolute atomic E-state index is 0.160. The zero-order chi connectivity index (χ0) is 19.1. The van der Waals surface area contributed by atoms with E-state index in [0.29, 0.717) is 12.5 Å². The van der Waals surface area contributed by atoms with E-state index in [4.69, 9.17) is 4.74 Å². The predicted molar refractivity (Wildman–Crippen MR) is 107 cm³/mol. The van der Waals surface area contributed by atoms with Crippen molar-refractivity contribution >= 4 is 5.91 Å². The molecule has 0 N–H and O–H groups in total.